The summed E-state index contributed by atoms with van der Waals surface area (Å²) in [7, 11) is 1.04. The number of hydrogen-bond donors (Lipinski definition) is 1. The molecule has 1 N–H and O–H groups in total. The highest BCUT2D eigenvalue weighted by Crippen LogP contribution is 2.15. The fourth-order valence-electron chi connectivity index (χ4n) is 0.740. The SMILES string of the molecule is COC(=O)C(CCI)NC(=O)C(F)(F)F. The highest BCUT2D eigenvalue weighted by molar-refractivity contribution is 14.1. The fraction of sp³-hybridized carbons (Fsp3) is 0.714. The zero-order chi connectivity index (χ0) is 12.1. The molecule has 8 heteroatoms. The maximum absolute atomic E-state index is 11.9. The highest BCUT2D eigenvalue weighted by Gasteiger charge is 2.40. The minimum Gasteiger partial charge on any atom is -0.467 e. The van der Waals surface area contributed by atoms with Crippen molar-refractivity contribution in [1.29, 1.82) is 0 Å². The van der Waals surface area contributed by atoms with Gasteiger partial charge in [0.15, 0.2) is 0 Å². The molecule has 0 saturated heterocycles. The molecule has 0 aliphatic heterocycles. The van der Waals surface area contributed by atoms with E-state index in [1.165, 1.54) is 0 Å². The number of alkyl halides is 4. The first-order chi connectivity index (χ1) is 6.82. The van der Waals surface area contributed by atoms with E-state index in [-0.39, 0.29) is 6.42 Å². The van der Waals surface area contributed by atoms with Gasteiger partial charge in [-0.3, -0.25) is 4.79 Å². The average molecular weight is 339 g/mol. The number of hydrogen-bond acceptors (Lipinski definition) is 3. The van der Waals surface area contributed by atoms with Gasteiger partial charge in [0.25, 0.3) is 0 Å². The van der Waals surface area contributed by atoms with Gasteiger partial charge in [0.2, 0.25) is 0 Å². The van der Waals surface area contributed by atoms with Crippen molar-refractivity contribution in [3.63, 3.8) is 0 Å². The second kappa shape index (κ2) is 6.13. The molecule has 0 aromatic heterocycles. The van der Waals surface area contributed by atoms with Crippen LogP contribution in [0.3, 0.4) is 0 Å². The van der Waals surface area contributed by atoms with Crippen molar-refractivity contribution in [3.8, 4) is 0 Å². The molecule has 0 saturated carbocycles. The molecule has 0 spiro atoms. The van der Waals surface area contributed by atoms with E-state index in [0.29, 0.717) is 4.43 Å². The molecular formula is C7H9F3INO3. The molecule has 4 nitrogen and oxygen atoms in total. The molecule has 0 rings (SSSR count). The Morgan fingerprint density at radius 3 is 2.33 bits per heavy atom. The van der Waals surface area contributed by atoms with E-state index in [1.54, 1.807) is 5.32 Å². The van der Waals surface area contributed by atoms with Crippen LogP contribution < -0.4 is 5.32 Å². The number of carbonyl (C=O) groups excluding carboxylic acids is 2. The Labute approximate surface area is 97.7 Å². The summed E-state index contributed by atoms with van der Waals surface area (Å²) in [6.07, 6.45) is -4.90. The zero-order valence-corrected chi connectivity index (χ0v) is 9.89. The van der Waals surface area contributed by atoms with E-state index in [0.717, 1.165) is 7.11 Å². The lowest BCUT2D eigenvalue weighted by Crippen LogP contribution is -2.47. The number of esters is 1. The van der Waals surface area contributed by atoms with Crippen LogP contribution in [0.4, 0.5) is 13.2 Å². The summed E-state index contributed by atoms with van der Waals surface area (Å²) < 4.78 is 40.2. The van der Waals surface area contributed by atoms with Crippen LogP contribution >= 0.6 is 22.6 Å². The zero-order valence-electron chi connectivity index (χ0n) is 7.73. The van der Waals surface area contributed by atoms with E-state index < -0.39 is 24.1 Å². The van der Waals surface area contributed by atoms with E-state index >= 15 is 0 Å². The van der Waals surface area contributed by atoms with Crippen LogP contribution in [0.25, 0.3) is 0 Å². The first-order valence-electron chi connectivity index (χ1n) is 3.84. The normalized spacial score (nSPS) is 13.1. The molecule has 0 fully saturated rings. The summed E-state index contributed by atoms with van der Waals surface area (Å²) in [5, 5.41) is 1.57. The highest BCUT2D eigenvalue weighted by atomic mass is 127. The van der Waals surface area contributed by atoms with Crippen molar-refractivity contribution in [2.45, 2.75) is 18.6 Å². The molecule has 0 aromatic carbocycles. The lowest BCUT2D eigenvalue weighted by atomic mass is 10.2. The summed E-state index contributed by atoms with van der Waals surface area (Å²) in [6, 6.07) is -1.25. The predicted molar refractivity (Wildman–Crippen MR) is 53.5 cm³/mol. The summed E-state index contributed by atoms with van der Waals surface area (Å²) >= 11 is 1.88. The Bertz CT molecular complexity index is 244. The standard InChI is InChI=1S/C7H9F3INO3/c1-15-5(13)4(2-3-11)12-6(14)7(8,9)10/h4H,2-3H2,1H3,(H,12,14). The van der Waals surface area contributed by atoms with Gasteiger partial charge >= 0.3 is 18.1 Å². The number of rotatable bonds is 4. The molecule has 0 aromatic rings. The number of halogens is 4. The summed E-state index contributed by atoms with van der Waals surface area (Å²) in [6.45, 7) is 0. The molecule has 0 heterocycles. The second-order valence-corrected chi connectivity index (χ2v) is 3.60. The quantitative estimate of drug-likeness (QED) is 0.473. The number of nitrogens with one attached hydrogen (secondary N) is 1. The predicted octanol–water partition coefficient (Wildman–Crippen LogP) is 1.03. The molecule has 0 aliphatic rings. The third-order valence-corrected chi connectivity index (χ3v) is 2.07. The molecule has 1 unspecified atom stereocenters. The van der Waals surface area contributed by atoms with Crippen LogP contribution in [0, 0.1) is 0 Å². The Balaban J connectivity index is 4.42. The van der Waals surface area contributed by atoms with Gasteiger partial charge in [-0.2, -0.15) is 13.2 Å². The molecule has 15 heavy (non-hydrogen) atoms. The van der Waals surface area contributed by atoms with E-state index in [9.17, 15) is 22.8 Å². The number of ether oxygens (including phenoxy) is 1. The monoisotopic (exact) mass is 339 g/mol. The van der Waals surface area contributed by atoms with Crippen LogP contribution in [0.5, 0.6) is 0 Å². The topological polar surface area (TPSA) is 55.4 Å². The Hall–Kier alpha value is -0.540. The van der Waals surface area contributed by atoms with Crippen LogP contribution in [-0.4, -0.2) is 35.6 Å². The van der Waals surface area contributed by atoms with Crippen molar-refractivity contribution >= 4 is 34.5 Å². The van der Waals surface area contributed by atoms with Crippen molar-refractivity contribution in [1.82, 2.24) is 5.32 Å². The van der Waals surface area contributed by atoms with Crippen molar-refractivity contribution in [2.24, 2.45) is 0 Å². The largest absolute Gasteiger partial charge is 0.471 e. The van der Waals surface area contributed by atoms with E-state index in [2.05, 4.69) is 4.74 Å². The lowest BCUT2D eigenvalue weighted by molar-refractivity contribution is -0.175. The number of methoxy groups -OCH3 is 1. The van der Waals surface area contributed by atoms with Crippen molar-refractivity contribution in [3.05, 3.63) is 0 Å². The molecule has 0 bridgehead atoms. The molecule has 0 aliphatic carbocycles. The number of amides is 1. The molecule has 0 radical (unpaired) electrons. The fourth-order valence-corrected chi connectivity index (χ4v) is 1.36. The van der Waals surface area contributed by atoms with Gasteiger partial charge in [-0.25, -0.2) is 4.79 Å². The van der Waals surface area contributed by atoms with Gasteiger partial charge in [-0.05, 0) is 6.42 Å². The first-order valence-corrected chi connectivity index (χ1v) is 5.37. The van der Waals surface area contributed by atoms with E-state index in [1.807, 2.05) is 22.6 Å². The second-order valence-electron chi connectivity index (χ2n) is 2.52. The number of carbonyl (C=O) groups is 2. The van der Waals surface area contributed by atoms with Crippen molar-refractivity contribution in [2.75, 3.05) is 11.5 Å². The van der Waals surface area contributed by atoms with E-state index in [4.69, 9.17) is 0 Å². The molecular weight excluding hydrogens is 330 g/mol. The van der Waals surface area contributed by atoms with Crippen LogP contribution in [0.1, 0.15) is 6.42 Å². The lowest BCUT2D eigenvalue weighted by Gasteiger charge is -2.16. The van der Waals surface area contributed by atoms with Gasteiger partial charge in [0.1, 0.15) is 6.04 Å². The third kappa shape index (κ3) is 5.19. The minimum absolute atomic E-state index is 0.0923. The van der Waals surface area contributed by atoms with Crippen LogP contribution in [-0.2, 0) is 14.3 Å². The molecule has 1 amide bonds. The maximum atomic E-state index is 11.9. The van der Waals surface area contributed by atoms with Gasteiger partial charge in [0, 0.05) is 4.43 Å². The van der Waals surface area contributed by atoms with Crippen molar-refractivity contribution < 1.29 is 27.5 Å². The summed E-state index contributed by atoms with van der Waals surface area (Å²) in [5.41, 5.74) is 0. The Morgan fingerprint density at radius 2 is 2.00 bits per heavy atom. The van der Waals surface area contributed by atoms with Gasteiger partial charge in [-0.1, -0.05) is 22.6 Å². The van der Waals surface area contributed by atoms with Gasteiger partial charge in [-0.15, -0.1) is 0 Å². The van der Waals surface area contributed by atoms with Crippen LogP contribution in [0.2, 0.25) is 0 Å². The molecule has 88 valence electrons. The maximum Gasteiger partial charge on any atom is 0.471 e. The first kappa shape index (κ1) is 14.5. The Morgan fingerprint density at radius 1 is 1.47 bits per heavy atom. The van der Waals surface area contributed by atoms with Crippen LogP contribution in [0.15, 0.2) is 0 Å². The average Bonchev–Trinajstić information content (AvgIpc) is 2.14. The summed E-state index contributed by atoms with van der Waals surface area (Å²) in [4.78, 5) is 21.5. The summed E-state index contributed by atoms with van der Waals surface area (Å²) in [5.74, 6) is -3.02. The molecule has 1 atom stereocenters. The Kier molecular flexibility index (Phi) is 5.91. The van der Waals surface area contributed by atoms with Gasteiger partial charge < -0.3 is 10.1 Å². The van der Waals surface area contributed by atoms with Gasteiger partial charge in [0.05, 0.1) is 7.11 Å². The minimum atomic E-state index is -4.99. The third-order valence-electron chi connectivity index (χ3n) is 1.45. The smallest absolute Gasteiger partial charge is 0.467 e.